The third kappa shape index (κ3) is 2.97. The SMILES string of the molecule is CCOC(C1CC1)C(N)C1CCOC2(CCOC2)C1. The second-order valence-corrected chi connectivity index (χ2v) is 6.42. The first-order chi connectivity index (χ1) is 9.24. The van der Waals surface area contributed by atoms with Crippen LogP contribution in [0.25, 0.3) is 0 Å². The van der Waals surface area contributed by atoms with Crippen molar-refractivity contribution in [3.05, 3.63) is 0 Å². The Hall–Kier alpha value is -0.160. The Morgan fingerprint density at radius 2 is 2.11 bits per heavy atom. The number of ether oxygens (including phenoxy) is 3. The molecule has 1 spiro atoms. The predicted octanol–water partition coefficient (Wildman–Crippen LogP) is 1.71. The van der Waals surface area contributed by atoms with Gasteiger partial charge in [0.1, 0.15) is 0 Å². The minimum Gasteiger partial charge on any atom is -0.378 e. The average molecular weight is 269 g/mol. The Labute approximate surface area is 116 Å². The molecule has 0 bridgehead atoms. The molecule has 4 atom stereocenters. The maximum absolute atomic E-state index is 6.55. The van der Waals surface area contributed by atoms with Gasteiger partial charge in [-0.25, -0.2) is 0 Å². The summed E-state index contributed by atoms with van der Waals surface area (Å²) in [6.45, 7) is 5.24. The zero-order valence-electron chi connectivity index (χ0n) is 12.0. The van der Waals surface area contributed by atoms with Crippen LogP contribution in [0, 0.1) is 11.8 Å². The summed E-state index contributed by atoms with van der Waals surface area (Å²) in [5.41, 5.74) is 6.51. The highest BCUT2D eigenvalue weighted by Crippen LogP contribution is 2.41. The molecule has 0 radical (unpaired) electrons. The number of nitrogens with two attached hydrogens (primary N) is 1. The Bertz CT molecular complexity index is 300. The van der Waals surface area contributed by atoms with Crippen LogP contribution < -0.4 is 5.73 Å². The second-order valence-electron chi connectivity index (χ2n) is 6.42. The lowest BCUT2D eigenvalue weighted by Crippen LogP contribution is -2.51. The number of hydrogen-bond acceptors (Lipinski definition) is 4. The first-order valence-electron chi connectivity index (χ1n) is 7.83. The molecule has 19 heavy (non-hydrogen) atoms. The molecule has 0 aromatic carbocycles. The Kier molecular flexibility index (Phi) is 4.13. The van der Waals surface area contributed by atoms with Crippen LogP contribution in [-0.2, 0) is 14.2 Å². The van der Waals surface area contributed by atoms with E-state index in [1.54, 1.807) is 0 Å². The molecule has 3 rings (SSSR count). The summed E-state index contributed by atoms with van der Waals surface area (Å²) >= 11 is 0. The van der Waals surface area contributed by atoms with E-state index < -0.39 is 0 Å². The summed E-state index contributed by atoms with van der Waals surface area (Å²) < 4.78 is 17.5. The van der Waals surface area contributed by atoms with Gasteiger partial charge >= 0.3 is 0 Å². The Morgan fingerprint density at radius 3 is 2.74 bits per heavy atom. The Morgan fingerprint density at radius 1 is 1.26 bits per heavy atom. The van der Waals surface area contributed by atoms with Crippen LogP contribution in [0.3, 0.4) is 0 Å². The van der Waals surface area contributed by atoms with E-state index in [2.05, 4.69) is 6.92 Å². The van der Waals surface area contributed by atoms with Gasteiger partial charge in [0, 0.05) is 32.3 Å². The molecule has 3 aliphatic rings. The molecule has 2 aliphatic heterocycles. The molecule has 2 heterocycles. The quantitative estimate of drug-likeness (QED) is 0.825. The highest BCUT2D eigenvalue weighted by Gasteiger charge is 2.46. The smallest absolute Gasteiger partial charge is 0.0939 e. The minimum absolute atomic E-state index is 0.0408. The van der Waals surface area contributed by atoms with Crippen LogP contribution in [0.2, 0.25) is 0 Å². The first-order valence-corrected chi connectivity index (χ1v) is 7.83. The Balaban J connectivity index is 1.63. The van der Waals surface area contributed by atoms with Crippen LogP contribution in [-0.4, -0.2) is 44.2 Å². The third-order valence-corrected chi connectivity index (χ3v) is 4.97. The third-order valence-electron chi connectivity index (χ3n) is 4.97. The molecule has 2 saturated heterocycles. The topological polar surface area (TPSA) is 53.7 Å². The molecule has 0 amide bonds. The van der Waals surface area contributed by atoms with E-state index in [4.69, 9.17) is 19.9 Å². The summed E-state index contributed by atoms with van der Waals surface area (Å²) in [6, 6.07) is 0.161. The van der Waals surface area contributed by atoms with Gasteiger partial charge in [-0.15, -0.1) is 0 Å². The lowest BCUT2D eigenvalue weighted by atomic mass is 9.79. The predicted molar refractivity (Wildman–Crippen MR) is 73.0 cm³/mol. The normalized spacial score (nSPS) is 38.5. The maximum atomic E-state index is 6.55. The van der Waals surface area contributed by atoms with Crippen LogP contribution >= 0.6 is 0 Å². The highest BCUT2D eigenvalue weighted by atomic mass is 16.6. The summed E-state index contributed by atoms with van der Waals surface area (Å²) in [5, 5.41) is 0. The number of rotatable bonds is 5. The summed E-state index contributed by atoms with van der Waals surface area (Å²) in [5.74, 6) is 1.22. The second kappa shape index (κ2) is 5.68. The van der Waals surface area contributed by atoms with E-state index in [1.165, 1.54) is 12.8 Å². The van der Waals surface area contributed by atoms with Crippen molar-refractivity contribution in [1.29, 1.82) is 0 Å². The van der Waals surface area contributed by atoms with Crippen LogP contribution in [0.15, 0.2) is 0 Å². The minimum atomic E-state index is -0.0408. The first kappa shape index (κ1) is 13.8. The van der Waals surface area contributed by atoms with Gasteiger partial charge in [-0.3, -0.25) is 0 Å². The molecule has 4 nitrogen and oxygen atoms in total. The van der Waals surface area contributed by atoms with Crippen molar-refractivity contribution in [3.63, 3.8) is 0 Å². The molecule has 1 aliphatic carbocycles. The number of hydrogen-bond donors (Lipinski definition) is 1. The summed E-state index contributed by atoms with van der Waals surface area (Å²) in [4.78, 5) is 0. The van der Waals surface area contributed by atoms with Gasteiger partial charge in [-0.05, 0) is 44.4 Å². The van der Waals surface area contributed by atoms with Gasteiger partial charge in [-0.2, -0.15) is 0 Å². The largest absolute Gasteiger partial charge is 0.378 e. The van der Waals surface area contributed by atoms with E-state index in [1.807, 2.05) is 0 Å². The molecule has 0 aromatic rings. The van der Waals surface area contributed by atoms with Crippen molar-refractivity contribution in [1.82, 2.24) is 0 Å². The monoisotopic (exact) mass is 269 g/mol. The van der Waals surface area contributed by atoms with Crippen LogP contribution in [0.4, 0.5) is 0 Å². The maximum Gasteiger partial charge on any atom is 0.0939 e. The van der Waals surface area contributed by atoms with Crippen LogP contribution in [0.1, 0.15) is 39.0 Å². The average Bonchev–Trinajstić information content (AvgIpc) is 3.18. The zero-order chi connectivity index (χ0) is 13.3. The molecular weight excluding hydrogens is 242 g/mol. The van der Waals surface area contributed by atoms with Crippen molar-refractivity contribution < 1.29 is 14.2 Å². The van der Waals surface area contributed by atoms with E-state index in [-0.39, 0.29) is 17.7 Å². The molecule has 0 aromatic heterocycles. The van der Waals surface area contributed by atoms with Gasteiger partial charge in [0.25, 0.3) is 0 Å². The van der Waals surface area contributed by atoms with Gasteiger partial charge in [-0.1, -0.05) is 0 Å². The summed E-state index contributed by atoms with van der Waals surface area (Å²) in [6.07, 6.45) is 5.97. The van der Waals surface area contributed by atoms with Crippen molar-refractivity contribution >= 4 is 0 Å². The molecule has 2 N–H and O–H groups in total. The van der Waals surface area contributed by atoms with Crippen LogP contribution in [0.5, 0.6) is 0 Å². The molecule has 4 heteroatoms. The van der Waals surface area contributed by atoms with Gasteiger partial charge < -0.3 is 19.9 Å². The molecule has 110 valence electrons. The van der Waals surface area contributed by atoms with Crippen molar-refractivity contribution in [2.45, 2.75) is 56.8 Å². The van der Waals surface area contributed by atoms with E-state index in [9.17, 15) is 0 Å². The lowest BCUT2D eigenvalue weighted by Gasteiger charge is -2.41. The molecule has 3 fully saturated rings. The fraction of sp³-hybridized carbons (Fsp3) is 1.00. The van der Waals surface area contributed by atoms with Gasteiger partial charge in [0.05, 0.1) is 18.3 Å². The van der Waals surface area contributed by atoms with E-state index >= 15 is 0 Å². The van der Waals surface area contributed by atoms with Crippen molar-refractivity contribution in [3.8, 4) is 0 Å². The highest BCUT2D eigenvalue weighted by molar-refractivity contribution is 4.98. The molecular formula is C15H27NO3. The summed E-state index contributed by atoms with van der Waals surface area (Å²) in [7, 11) is 0. The van der Waals surface area contributed by atoms with E-state index in [0.29, 0.717) is 11.8 Å². The fourth-order valence-corrected chi connectivity index (χ4v) is 3.70. The van der Waals surface area contributed by atoms with E-state index in [0.717, 1.165) is 45.7 Å². The van der Waals surface area contributed by atoms with Gasteiger partial charge in [0.15, 0.2) is 0 Å². The standard InChI is InChI=1S/C15H27NO3/c1-2-18-14(11-3-4-11)13(16)12-5-7-19-15(9-12)6-8-17-10-15/h11-14H,2-10,16H2,1H3. The zero-order valence-corrected chi connectivity index (χ0v) is 12.0. The molecule has 4 unspecified atom stereocenters. The van der Waals surface area contributed by atoms with Crippen molar-refractivity contribution in [2.75, 3.05) is 26.4 Å². The fourth-order valence-electron chi connectivity index (χ4n) is 3.70. The molecule has 1 saturated carbocycles. The lowest BCUT2D eigenvalue weighted by molar-refractivity contribution is -0.111. The van der Waals surface area contributed by atoms with Crippen molar-refractivity contribution in [2.24, 2.45) is 17.6 Å². The van der Waals surface area contributed by atoms with Gasteiger partial charge in [0.2, 0.25) is 0 Å².